The number of hydrogen-bond donors (Lipinski definition) is 0. The summed E-state index contributed by atoms with van der Waals surface area (Å²) in [6, 6.07) is 13.3. The van der Waals surface area contributed by atoms with Crippen molar-refractivity contribution in [3.05, 3.63) is 71.4 Å². The highest BCUT2D eigenvalue weighted by molar-refractivity contribution is 7.90. The normalized spacial score (nSPS) is 12.2. The Labute approximate surface area is 159 Å². The average Bonchev–Trinajstić information content (AvgIpc) is 2.60. The molecule has 0 aliphatic carbocycles. The minimum atomic E-state index is -4.50. The molecule has 0 spiro atoms. The Kier molecular flexibility index (Phi) is 5.01. The van der Waals surface area contributed by atoms with E-state index in [2.05, 4.69) is 4.98 Å². The van der Waals surface area contributed by atoms with Crippen molar-refractivity contribution in [2.75, 3.05) is 6.26 Å². The zero-order valence-corrected chi connectivity index (χ0v) is 15.5. The zero-order valence-electron chi connectivity index (χ0n) is 14.0. The Hall–Kier alpha value is -2.38. The minimum Gasteiger partial charge on any atom is -0.256 e. The van der Waals surface area contributed by atoms with Crippen molar-refractivity contribution in [1.82, 2.24) is 4.98 Å². The monoisotopic (exact) mass is 411 g/mol. The molecule has 0 aliphatic rings. The maximum atomic E-state index is 12.8. The molecule has 8 heteroatoms. The van der Waals surface area contributed by atoms with E-state index >= 15 is 0 Å². The SMILES string of the molecule is CS(=O)(=O)c1cccc(-c2ccc(C(F)(F)F)cn2)c1-c1ccc(Cl)cc1. The molecular weight excluding hydrogens is 399 g/mol. The molecule has 2 aromatic carbocycles. The van der Waals surface area contributed by atoms with Gasteiger partial charge in [0, 0.05) is 28.6 Å². The number of hydrogen-bond acceptors (Lipinski definition) is 3. The number of alkyl halides is 3. The van der Waals surface area contributed by atoms with Crippen molar-refractivity contribution in [3.8, 4) is 22.4 Å². The van der Waals surface area contributed by atoms with Crippen LogP contribution in [0, 0.1) is 0 Å². The number of halogens is 4. The molecule has 0 aliphatic heterocycles. The maximum absolute atomic E-state index is 12.8. The van der Waals surface area contributed by atoms with E-state index in [1.165, 1.54) is 18.2 Å². The van der Waals surface area contributed by atoms with Gasteiger partial charge in [-0.05, 0) is 35.9 Å². The van der Waals surface area contributed by atoms with Crippen molar-refractivity contribution in [2.24, 2.45) is 0 Å². The van der Waals surface area contributed by atoms with E-state index in [-0.39, 0.29) is 10.6 Å². The number of sulfone groups is 1. The Balaban J connectivity index is 2.26. The standard InChI is InChI=1S/C19H13ClF3NO2S/c1-27(25,26)17-4-2-3-15(18(17)12-5-8-14(20)9-6-12)16-10-7-13(11-24-16)19(21,22)23/h2-11H,1H3. The fourth-order valence-corrected chi connectivity index (χ4v) is 3.74. The Morgan fingerprint density at radius 3 is 2.15 bits per heavy atom. The van der Waals surface area contributed by atoms with Crippen molar-refractivity contribution >= 4 is 21.4 Å². The first kappa shape index (κ1) is 19.4. The van der Waals surface area contributed by atoms with Crippen LogP contribution in [0.25, 0.3) is 22.4 Å². The summed E-state index contributed by atoms with van der Waals surface area (Å²) in [4.78, 5) is 3.96. The highest BCUT2D eigenvalue weighted by atomic mass is 35.5. The molecule has 3 aromatic rings. The van der Waals surface area contributed by atoms with Crippen molar-refractivity contribution in [2.45, 2.75) is 11.1 Å². The van der Waals surface area contributed by atoms with E-state index < -0.39 is 21.6 Å². The fraction of sp³-hybridized carbons (Fsp3) is 0.105. The molecule has 0 saturated carbocycles. The number of pyridine rings is 1. The average molecular weight is 412 g/mol. The lowest BCUT2D eigenvalue weighted by molar-refractivity contribution is -0.137. The largest absolute Gasteiger partial charge is 0.417 e. The van der Waals surface area contributed by atoms with Gasteiger partial charge < -0.3 is 0 Å². The molecule has 1 heterocycles. The zero-order chi connectivity index (χ0) is 19.8. The van der Waals surface area contributed by atoms with Crippen molar-refractivity contribution in [3.63, 3.8) is 0 Å². The van der Waals surface area contributed by atoms with E-state index in [9.17, 15) is 21.6 Å². The second kappa shape index (κ2) is 6.98. The van der Waals surface area contributed by atoms with E-state index in [0.29, 0.717) is 21.7 Å². The van der Waals surface area contributed by atoms with Crippen LogP contribution >= 0.6 is 11.6 Å². The molecule has 0 unspecified atom stereocenters. The predicted octanol–water partition coefficient (Wildman–Crippen LogP) is 5.49. The third-order valence-corrected chi connectivity index (χ3v) is 5.32. The predicted molar refractivity (Wildman–Crippen MR) is 98.2 cm³/mol. The van der Waals surface area contributed by atoms with Crippen LogP contribution in [0.1, 0.15) is 5.56 Å². The van der Waals surface area contributed by atoms with E-state index in [1.807, 2.05) is 0 Å². The molecule has 0 fully saturated rings. The summed E-state index contributed by atoms with van der Waals surface area (Å²) in [7, 11) is -3.59. The number of nitrogens with zero attached hydrogens (tertiary/aromatic N) is 1. The van der Waals surface area contributed by atoms with Crippen LogP contribution in [0.15, 0.2) is 65.7 Å². The highest BCUT2D eigenvalue weighted by Crippen LogP contribution is 2.38. The maximum Gasteiger partial charge on any atom is 0.417 e. The lowest BCUT2D eigenvalue weighted by Gasteiger charge is -2.15. The van der Waals surface area contributed by atoms with Crippen molar-refractivity contribution in [1.29, 1.82) is 0 Å². The third-order valence-electron chi connectivity index (χ3n) is 3.93. The molecule has 0 N–H and O–H groups in total. The van der Waals surface area contributed by atoms with Gasteiger partial charge in [0.2, 0.25) is 0 Å². The van der Waals surface area contributed by atoms with Crippen LogP contribution < -0.4 is 0 Å². The molecule has 3 rings (SSSR count). The van der Waals surface area contributed by atoms with Crippen LogP contribution in [0.4, 0.5) is 13.2 Å². The first-order valence-electron chi connectivity index (χ1n) is 7.70. The van der Waals surface area contributed by atoms with E-state index in [0.717, 1.165) is 18.5 Å². The lowest BCUT2D eigenvalue weighted by Crippen LogP contribution is -2.06. The Morgan fingerprint density at radius 2 is 1.63 bits per heavy atom. The smallest absolute Gasteiger partial charge is 0.256 e. The van der Waals surface area contributed by atoms with Crippen LogP contribution in [-0.2, 0) is 16.0 Å². The highest BCUT2D eigenvalue weighted by Gasteiger charge is 2.31. The summed E-state index contributed by atoms with van der Waals surface area (Å²) in [5.74, 6) is 0. The van der Waals surface area contributed by atoms with Gasteiger partial charge in [-0.15, -0.1) is 0 Å². The molecule has 0 amide bonds. The first-order chi connectivity index (χ1) is 12.6. The summed E-state index contributed by atoms with van der Waals surface area (Å²) in [5, 5.41) is 0.477. The summed E-state index contributed by atoms with van der Waals surface area (Å²) < 4.78 is 62.9. The van der Waals surface area contributed by atoms with Gasteiger partial charge >= 0.3 is 6.18 Å². The molecule has 1 aromatic heterocycles. The second-order valence-corrected chi connectivity index (χ2v) is 8.31. The quantitative estimate of drug-likeness (QED) is 0.572. The summed E-state index contributed by atoms with van der Waals surface area (Å²) in [5.41, 5.74) is 0.701. The van der Waals surface area contributed by atoms with Gasteiger partial charge in [-0.2, -0.15) is 13.2 Å². The summed E-state index contributed by atoms with van der Waals surface area (Å²) in [6.45, 7) is 0. The number of rotatable bonds is 3. The van der Waals surface area contributed by atoms with Gasteiger partial charge in [-0.3, -0.25) is 4.98 Å². The molecule has 0 atom stereocenters. The molecular formula is C19H13ClF3NO2S. The molecule has 3 nitrogen and oxygen atoms in total. The minimum absolute atomic E-state index is 0.0593. The third kappa shape index (κ3) is 4.14. The van der Waals surface area contributed by atoms with Gasteiger partial charge in [0.15, 0.2) is 9.84 Å². The molecule has 0 bridgehead atoms. The van der Waals surface area contributed by atoms with Crippen LogP contribution in [0.5, 0.6) is 0 Å². The Bertz CT molecular complexity index is 1080. The van der Waals surface area contributed by atoms with E-state index in [4.69, 9.17) is 11.6 Å². The van der Waals surface area contributed by atoms with Gasteiger partial charge in [0.1, 0.15) is 0 Å². The van der Waals surface area contributed by atoms with Crippen LogP contribution in [0.3, 0.4) is 0 Å². The number of aromatic nitrogens is 1. The lowest BCUT2D eigenvalue weighted by atomic mass is 9.97. The molecule has 27 heavy (non-hydrogen) atoms. The van der Waals surface area contributed by atoms with E-state index in [1.54, 1.807) is 30.3 Å². The second-order valence-electron chi connectivity index (χ2n) is 5.89. The molecule has 140 valence electrons. The number of benzene rings is 2. The summed E-state index contributed by atoms with van der Waals surface area (Å²) in [6.07, 6.45) is -2.70. The summed E-state index contributed by atoms with van der Waals surface area (Å²) >= 11 is 5.91. The first-order valence-corrected chi connectivity index (χ1v) is 9.97. The van der Waals surface area contributed by atoms with Gasteiger partial charge in [0.05, 0.1) is 16.2 Å². The van der Waals surface area contributed by atoms with Gasteiger partial charge in [-0.1, -0.05) is 35.9 Å². The topological polar surface area (TPSA) is 47.0 Å². The van der Waals surface area contributed by atoms with Gasteiger partial charge in [-0.25, -0.2) is 8.42 Å². The Morgan fingerprint density at radius 1 is 0.963 bits per heavy atom. The molecule has 0 saturated heterocycles. The van der Waals surface area contributed by atoms with Crippen LogP contribution in [0.2, 0.25) is 5.02 Å². The molecule has 0 radical (unpaired) electrons. The van der Waals surface area contributed by atoms with Crippen molar-refractivity contribution < 1.29 is 21.6 Å². The van der Waals surface area contributed by atoms with Crippen LogP contribution in [-0.4, -0.2) is 19.7 Å². The fourth-order valence-electron chi connectivity index (χ4n) is 2.69. The van der Waals surface area contributed by atoms with Gasteiger partial charge in [0.25, 0.3) is 0 Å².